The van der Waals surface area contributed by atoms with Gasteiger partial charge in [0.25, 0.3) is 0 Å². The van der Waals surface area contributed by atoms with E-state index in [1.54, 1.807) is 18.5 Å². The van der Waals surface area contributed by atoms with Crippen LogP contribution in [-0.2, 0) is 6.42 Å². The monoisotopic (exact) mass is 465 g/mol. The topological polar surface area (TPSA) is 98.1 Å². The zero-order chi connectivity index (χ0) is 21.1. The lowest BCUT2D eigenvalue weighted by atomic mass is 10.0. The lowest BCUT2D eigenvalue weighted by molar-refractivity contribution is 0.0989. The van der Waals surface area contributed by atoms with E-state index >= 15 is 0 Å². The molecule has 2 aromatic heterocycles. The molecule has 4 N–H and O–H groups in total. The van der Waals surface area contributed by atoms with Gasteiger partial charge in [0.05, 0.1) is 11.4 Å². The number of benzene rings is 1. The Morgan fingerprint density at radius 2 is 2.10 bits per heavy atom. The van der Waals surface area contributed by atoms with Crippen LogP contribution in [0.5, 0.6) is 0 Å². The molecule has 0 radical (unpaired) electrons. The van der Waals surface area contributed by atoms with Gasteiger partial charge in [-0.2, -0.15) is 0 Å². The molecule has 7 heteroatoms. The van der Waals surface area contributed by atoms with E-state index < -0.39 is 0 Å². The molecule has 0 spiro atoms. The van der Waals surface area contributed by atoms with Crippen molar-refractivity contribution in [2.24, 2.45) is 5.73 Å². The molecule has 1 aliphatic heterocycles. The smallest absolute Gasteiger partial charge is 0.187 e. The fourth-order valence-corrected chi connectivity index (χ4v) is 4.25. The Balaban J connectivity index is 1.61. The molecular weight excluding hydrogens is 442 g/mol. The van der Waals surface area contributed by atoms with Gasteiger partial charge in [-0.1, -0.05) is 28.1 Å². The Labute approximate surface area is 184 Å². The van der Waals surface area contributed by atoms with Gasteiger partial charge in [0.2, 0.25) is 0 Å². The number of aromatic nitrogens is 2. The summed E-state index contributed by atoms with van der Waals surface area (Å²) in [6.45, 7) is 1.71. The average molecular weight is 466 g/mol. The Kier molecular flexibility index (Phi) is 6.11. The van der Waals surface area contributed by atoms with Gasteiger partial charge in [-0.05, 0) is 43.2 Å². The maximum Gasteiger partial charge on any atom is 0.187 e. The second-order valence-electron chi connectivity index (χ2n) is 7.60. The van der Waals surface area contributed by atoms with Crippen molar-refractivity contribution in [3.05, 3.63) is 70.6 Å². The summed E-state index contributed by atoms with van der Waals surface area (Å²) in [6.07, 6.45) is 5.76. The van der Waals surface area contributed by atoms with E-state index in [-0.39, 0.29) is 23.9 Å². The number of halogens is 1. The fourth-order valence-electron chi connectivity index (χ4n) is 3.85. The van der Waals surface area contributed by atoms with Gasteiger partial charge in [-0.25, -0.2) is 4.98 Å². The first-order valence-corrected chi connectivity index (χ1v) is 10.8. The first-order chi connectivity index (χ1) is 14.5. The van der Waals surface area contributed by atoms with E-state index in [1.165, 1.54) is 0 Å². The number of hydrogen-bond acceptors (Lipinski definition) is 6. The maximum absolute atomic E-state index is 13.2. The van der Waals surface area contributed by atoms with Crippen LogP contribution in [0.15, 0.2) is 59.3 Å². The molecule has 1 saturated heterocycles. The van der Waals surface area contributed by atoms with Gasteiger partial charge in [0.1, 0.15) is 5.69 Å². The fraction of sp³-hybridized carbons (Fsp3) is 0.261. The summed E-state index contributed by atoms with van der Waals surface area (Å²) in [4.78, 5) is 24.2. The van der Waals surface area contributed by atoms with Crippen molar-refractivity contribution in [2.45, 2.75) is 25.3 Å². The van der Waals surface area contributed by atoms with Crippen LogP contribution in [0.2, 0.25) is 0 Å². The third-order valence-corrected chi connectivity index (χ3v) is 5.83. The minimum atomic E-state index is -0.125. The zero-order valence-corrected chi connectivity index (χ0v) is 18.2. The predicted molar refractivity (Wildman–Crippen MR) is 123 cm³/mol. The number of nitrogens with zero attached hydrogens (tertiary/aromatic N) is 3. The van der Waals surface area contributed by atoms with Crippen molar-refractivity contribution in [1.82, 2.24) is 9.97 Å². The molecule has 0 amide bonds. The number of piperidine rings is 1. The van der Waals surface area contributed by atoms with Crippen molar-refractivity contribution in [1.29, 1.82) is 0 Å². The minimum Gasteiger partial charge on any atom is -0.397 e. The molecule has 0 bridgehead atoms. The molecule has 0 unspecified atom stereocenters. The van der Waals surface area contributed by atoms with Crippen LogP contribution in [-0.4, -0.2) is 34.9 Å². The molecule has 1 atom stereocenters. The van der Waals surface area contributed by atoms with Crippen molar-refractivity contribution in [3.63, 3.8) is 0 Å². The van der Waals surface area contributed by atoms with Crippen LogP contribution in [0.4, 0.5) is 11.4 Å². The molecule has 1 aliphatic rings. The SMILES string of the molecule is Nc1ccc(-c2cccc(Br)c2)nc1C(=O)Cc1cnccc1N1CCC[C@H](N)C1. The molecule has 154 valence electrons. The quantitative estimate of drug-likeness (QED) is 0.555. The highest BCUT2D eigenvalue weighted by Gasteiger charge is 2.22. The van der Waals surface area contributed by atoms with E-state index in [2.05, 4.69) is 30.8 Å². The Hall–Kier alpha value is -2.77. The molecule has 4 rings (SSSR count). The summed E-state index contributed by atoms with van der Waals surface area (Å²) in [5.74, 6) is -0.125. The molecule has 6 nitrogen and oxygen atoms in total. The second kappa shape index (κ2) is 8.93. The highest BCUT2D eigenvalue weighted by Crippen LogP contribution is 2.27. The average Bonchev–Trinajstić information content (AvgIpc) is 2.74. The second-order valence-corrected chi connectivity index (χ2v) is 8.51. The number of nitrogen functional groups attached to an aromatic ring is 1. The van der Waals surface area contributed by atoms with Crippen molar-refractivity contribution in [3.8, 4) is 11.3 Å². The standard InChI is InChI=1S/C23H24BrN5O/c24-17-4-1-3-15(11-17)20-7-6-19(26)23(28-20)22(30)12-16-13-27-9-8-21(16)29-10-2-5-18(25)14-29/h1,3-4,6-9,11,13,18H,2,5,10,12,14,25-26H2/t18-/m0/s1. The summed E-state index contributed by atoms with van der Waals surface area (Å²) in [5, 5.41) is 0. The summed E-state index contributed by atoms with van der Waals surface area (Å²) >= 11 is 3.48. The number of ketones is 1. The first-order valence-electron chi connectivity index (χ1n) is 10.0. The minimum absolute atomic E-state index is 0.125. The predicted octanol–water partition coefficient (Wildman–Crippen LogP) is 3.84. The number of hydrogen-bond donors (Lipinski definition) is 2. The number of carbonyl (C=O) groups excluding carboxylic acids is 1. The van der Waals surface area contributed by atoms with Crippen LogP contribution in [0.1, 0.15) is 28.9 Å². The normalized spacial score (nSPS) is 16.5. The van der Waals surface area contributed by atoms with Gasteiger partial charge in [0.15, 0.2) is 5.78 Å². The highest BCUT2D eigenvalue weighted by atomic mass is 79.9. The van der Waals surface area contributed by atoms with Gasteiger partial charge >= 0.3 is 0 Å². The Morgan fingerprint density at radius 1 is 1.23 bits per heavy atom. The molecule has 1 fully saturated rings. The lowest BCUT2D eigenvalue weighted by Gasteiger charge is -2.33. The molecule has 3 aromatic rings. The molecule has 30 heavy (non-hydrogen) atoms. The van der Waals surface area contributed by atoms with Crippen LogP contribution in [0.25, 0.3) is 11.3 Å². The van der Waals surface area contributed by atoms with Crippen LogP contribution < -0.4 is 16.4 Å². The van der Waals surface area contributed by atoms with E-state index in [0.29, 0.717) is 11.4 Å². The Bertz CT molecular complexity index is 1070. The summed E-state index contributed by atoms with van der Waals surface area (Å²) < 4.78 is 0.950. The Morgan fingerprint density at radius 3 is 2.90 bits per heavy atom. The number of anilines is 2. The van der Waals surface area contributed by atoms with Crippen molar-refractivity contribution < 1.29 is 4.79 Å². The number of carbonyl (C=O) groups is 1. The third kappa shape index (κ3) is 4.52. The van der Waals surface area contributed by atoms with Crippen molar-refractivity contribution in [2.75, 3.05) is 23.7 Å². The highest BCUT2D eigenvalue weighted by molar-refractivity contribution is 9.10. The van der Waals surface area contributed by atoms with E-state index in [9.17, 15) is 4.79 Å². The zero-order valence-electron chi connectivity index (χ0n) is 16.6. The molecule has 0 saturated carbocycles. The number of pyridine rings is 2. The largest absolute Gasteiger partial charge is 0.397 e. The van der Waals surface area contributed by atoms with Crippen LogP contribution in [0.3, 0.4) is 0 Å². The van der Waals surface area contributed by atoms with Crippen LogP contribution in [0, 0.1) is 0 Å². The maximum atomic E-state index is 13.2. The summed E-state index contributed by atoms with van der Waals surface area (Å²) in [5.41, 5.74) is 16.4. The van der Waals surface area contributed by atoms with Gasteiger partial charge in [0, 0.05) is 59.2 Å². The molecule has 1 aromatic carbocycles. The number of Topliss-reactive ketones (excluding diaryl/α,β-unsaturated/α-hetero) is 1. The lowest BCUT2D eigenvalue weighted by Crippen LogP contribution is -2.43. The summed E-state index contributed by atoms with van der Waals surface area (Å²) in [7, 11) is 0. The van der Waals surface area contributed by atoms with E-state index in [0.717, 1.165) is 47.2 Å². The van der Waals surface area contributed by atoms with E-state index in [1.807, 2.05) is 36.4 Å². The van der Waals surface area contributed by atoms with Gasteiger partial charge in [-0.15, -0.1) is 0 Å². The van der Waals surface area contributed by atoms with E-state index in [4.69, 9.17) is 11.5 Å². The van der Waals surface area contributed by atoms with Gasteiger partial charge in [-0.3, -0.25) is 9.78 Å². The third-order valence-electron chi connectivity index (χ3n) is 5.34. The first kappa shape index (κ1) is 20.5. The van der Waals surface area contributed by atoms with Crippen molar-refractivity contribution >= 4 is 33.1 Å². The molecule has 3 heterocycles. The molecule has 0 aliphatic carbocycles. The molecular formula is C23H24BrN5O. The number of rotatable bonds is 5. The van der Waals surface area contributed by atoms with Crippen LogP contribution >= 0.6 is 15.9 Å². The van der Waals surface area contributed by atoms with Gasteiger partial charge < -0.3 is 16.4 Å². The number of nitrogens with two attached hydrogens (primary N) is 2. The summed E-state index contributed by atoms with van der Waals surface area (Å²) in [6, 6.07) is 13.5.